The minimum atomic E-state index is -3.57. The van der Waals surface area contributed by atoms with Gasteiger partial charge in [0.15, 0.2) is 0 Å². The molecule has 0 bridgehead atoms. The van der Waals surface area contributed by atoms with Gasteiger partial charge in [0.2, 0.25) is 15.9 Å². The van der Waals surface area contributed by atoms with Crippen molar-refractivity contribution < 1.29 is 13.2 Å². The van der Waals surface area contributed by atoms with Crippen LogP contribution in [0.2, 0.25) is 0 Å². The standard InChI is InChI=1S/C19H22N4O3S2/c24-18(19(7-1-2-8-19)17-4-3-12-27-17)20-10-13-28(25,26)22-15-6-11-23-16(14-15)5-9-21-23/h3-6,9,11-12,14,22H,1-2,7-8,10,13H2,(H,20,24). The molecule has 0 radical (unpaired) electrons. The van der Waals surface area contributed by atoms with E-state index in [-0.39, 0.29) is 18.2 Å². The summed E-state index contributed by atoms with van der Waals surface area (Å²) < 4.78 is 29.0. The number of anilines is 1. The normalized spacial score (nSPS) is 16.3. The monoisotopic (exact) mass is 418 g/mol. The first-order chi connectivity index (χ1) is 13.5. The smallest absolute Gasteiger partial charge is 0.234 e. The van der Waals surface area contributed by atoms with Gasteiger partial charge in [0.1, 0.15) is 0 Å². The van der Waals surface area contributed by atoms with Crippen LogP contribution in [0.25, 0.3) is 5.52 Å². The summed E-state index contributed by atoms with van der Waals surface area (Å²) in [6.45, 7) is 0.0796. The molecule has 4 rings (SSSR count). The zero-order valence-corrected chi connectivity index (χ0v) is 16.9. The van der Waals surface area contributed by atoms with Crippen molar-refractivity contribution in [3.8, 4) is 0 Å². The lowest BCUT2D eigenvalue weighted by Crippen LogP contribution is -2.44. The molecule has 148 valence electrons. The first kappa shape index (κ1) is 18.9. The molecule has 1 fully saturated rings. The highest BCUT2D eigenvalue weighted by Gasteiger charge is 2.43. The van der Waals surface area contributed by atoms with E-state index in [1.165, 1.54) is 0 Å². The zero-order chi connectivity index (χ0) is 19.6. The minimum absolute atomic E-state index is 0.0664. The zero-order valence-electron chi connectivity index (χ0n) is 15.3. The van der Waals surface area contributed by atoms with Crippen LogP contribution in [0.15, 0.2) is 48.1 Å². The number of pyridine rings is 1. The number of carbonyl (C=O) groups is 1. The summed E-state index contributed by atoms with van der Waals surface area (Å²) in [5.41, 5.74) is 0.774. The summed E-state index contributed by atoms with van der Waals surface area (Å²) in [7, 11) is -3.57. The molecule has 3 aromatic heterocycles. The van der Waals surface area contributed by atoms with Crippen molar-refractivity contribution in [1.82, 2.24) is 14.9 Å². The number of amides is 1. The van der Waals surface area contributed by atoms with Gasteiger partial charge in [0, 0.05) is 23.8 Å². The van der Waals surface area contributed by atoms with E-state index in [9.17, 15) is 13.2 Å². The van der Waals surface area contributed by atoms with Gasteiger partial charge < -0.3 is 5.32 Å². The molecule has 0 atom stereocenters. The lowest BCUT2D eigenvalue weighted by Gasteiger charge is -2.26. The fourth-order valence-electron chi connectivity index (χ4n) is 3.80. The van der Waals surface area contributed by atoms with E-state index >= 15 is 0 Å². The molecular weight excluding hydrogens is 396 g/mol. The molecule has 2 N–H and O–H groups in total. The minimum Gasteiger partial charge on any atom is -0.354 e. The van der Waals surface area contributed by atoms with Crippen molar-refractivity contribution in [2.24, 2.45) is 0 Å². The largest absolute Gasteiger partial charge is 0.354 e. The molecule has 3 aromatic rings. The van der Waals surface area contributed by atoms with Gasteiger partial charge in [-0.2, -0.15) is 5.10 Å². The highest BCUT2D eigenvalue weighted by Crippen LogP contribution is 2.43. The van der Waals surface area contributed by atoms with E-state index in [2.05, 4.69) is 15.1 Å². The highest BCUT2D eigenvalue weighted by atomic mass is 32.2. The Kier molecular flexibility index (Phi) is 5.11. The molecule has 1 aliphatic carbocycles. The molecule has 0 unspecified atom stereocenters. The fourth-order valence-corrected chi connectivity index (χ4v) is 5.74. The van der Waals surface area contributed by atoms with Gasteiger partial charge >= 0.3 is 0 Å². The molecule has 3 heterocycles. The van der Waals surface area contributed by atoms with Crippen LogP contribution < -0.4 is 10.0 Å². The lowest BCUT2D eigenvalue weighted by molar-refractivity contribution is -0.126. The van der Waals surface area contributed by atoms with Crippen molar-refractivity contribution in [3.63, 3.8) is 0 Å². The number of hydrogen-bond donors (Lipinski definition) is 2. The van der Waals surface area contributed by atoms with Crippen LogP contribution in [0, 0.1) is 0 Å². The van der Waals surface area contributed by atoms with E-state index in [1.807, 2.05) is 17.5 Å². The number of carbonyl (C=O) groups excluding carboxylic acids is 1. The molecule has 9 heteroatoms. The molecule has 1 amide bonds. The van der Waals surface area contributed by atoms with Gasteiger partial charge in [-0.3, -0.25) is 9.52 Å². The number of thiophene rings is 1. The Morgan fingerprint density at radius 1 is 1.25 bits per heavy atom. The predicted molar refractivity (Wildman–Crippen MR) is 110 cm³/mol. The quantitative estimate of drug-likeness (QED) is 0.617. The average molecular weight is 419 g/mol. The van der Waals surface area contributed by atoms with Gasteiger partial charge in [0.05, 0.1) is 22.4 Å². The maximum atomic E-state index is 12.9. The maximum Gasteiger partial charge on any atom is 0.234 e. The van der Waals surface area contributed by atoms with Gasteiger partial charge in [-0.15, -0.1) is 11.3 Å². The lowest BCUT2D eigenvalue weighted by atomic mass is 9.83. The summed E-state index contributed by atoms with van der Waals surface area (Å²) in [6.07, 6.45) is 7.01. The van der Waals surface area contributed by atoms with E-state index in [1.54, 1.807) is 46.4 Å². The molecule has 0 spiro atoms. The van der Waals surface area contributed by atoms with Crippen LogP contribution >= 0.6 is 11.3 Å². The third-order valence-corrected chi connectivity index (χ3v) is 7.58. The summed E-state index contributed by atoms with van der Waals surface area (Å²) in [4.78, 5) is 14.0. The van der Waals surface area contributed by atoms with Crippen LogP contribution in [-0.4, -0.2) is 36.2 Å². The molecule has 28 heavy (non-hydrogen) atoms. The van der Waals surface area contributed by atoms with Crippen molar-refractivity contribution in [2.75, 3.05) is 17.0 Å². The summed E-state index contributed by atoms with van der Waals surface area (Å²) in [5, 5.41) is 8.92. The molecule has 0 aromatic carbocycles. The van der Waals surface area contributed by atoms with Crippen molar-refractivity contribution in [1.29, 1.82) is 0 Å². The maximum absolute atomic E-state index is 12.9. The summed E-state index contributed by atoms with van der Waals surface area (Å²) >= 11 is 1.59. The third kappa shape index (κ3) is 3.77. The second-order valence-corrected chi connectivity index (χ2v) is 9.85. The molecule has 1 aliphatic rings. The number of sulfonamides is 1. The number of nitrogens with one attached hydrogen (secondary N) is 2. The average Bonchev–Trinajstić information content (AvgIpc) is 3.41. The number of nitrogens with zero attached hydrogens (tertiary/aromatic N) is 2. The van der Waals surface area contributed by atoms with Crippen molar-refractivity contribution in [3.05, 3.63) is 53.0 Å². The Bertz CT molecular complexity index is 1070. The molecule has 1 saturated carbocycles. The topological polar surface area (TPSA) is 92.6 Å². The Hall–Kier alpha value is -2.39. The summed E-state index contributed by atoms with van der Waals surface area (Å²) in [5.74, 6) is -0.243. The third-order valence-electron chi connectivity index (χ3n) is 5.21. The molecule has 7 nitrogen and oxygen atoms in total. The molecule has 0 aliphatic heterocycles. The number of rotatable bonds is 7. The summed E-state index contributed by atoms with van der Waals surface area (Å²) in [6, 6.07) is 9.12. The molecular formula is C19H22N4O3S2. The van der Waals surface area contributed by atoms with Crippen molar-refractivity contribution >= 4 is 38.5 Å². The van der Waals surface area contributed by atoms with E-state index in [0.717, 1.165) is 36.1 Å². The van der Waals surface area contributed by atoms with Gasteiger partial charge in [-0.25, -0.2) is 12.9 Å². The van der Waals surface area contributed by atoms with E-state index in [0.29, 0.717) is 5.69 Å². The Morgan fingerprint density at radius 2 is 2.07 bits per heavy atom. The Morgan fingerprint density at radius 3 is 2.82 bits per heavy atom. The first-order valence-corrected chi connectivity index (χ1v) is 11.8. The van der Waals surface area contributed by atoms with E-state index < -0.39 is 15.4 Å². The Labute approximate surface area is 167 Å². The van der Waals surface area contributed by atoms with Gasteiger partial charge in [-0.1, -0.05) is 18.9 Å². The number of hydrogen-bond acceptors (Lipinski definition) is 5. The predicted octanol–water partition coefficient (Wildman–Crippen LogP) is 2.77. The van der Waals surface area contributed by atoms with Crippen LogP contribution in [-0.2, 0) is 20.2 Å². The SMILES string of the molecule is O=C(NCCS(=O)(=O)Nc1ccn2nccc2c1)C1(c2cccs2)CCCC1. The Balaban J connectivity index is 1.37. The molecule has 0 saturated heterocycles. The second-order valence-electron chi connectivity index (χ2n) is 7.06. The van der Waals surface area contributed by atoms with Crippen LogP contribution in [0.5, 0.6) is 0 Å². The van der Waals surface area contributed by atoms with Crippen LogP contribution in [0.4, 0.5) is 5.69 Å². The van der Waals surface area contributed by atoms with E-state index in [4.69, 9.17) is 0 Å². The number of fused-ring (bicyclic) bond motifs is 1. The van der Waals surface area contributed by atoms with Crippen LogP contribution in [0.3, 0.4) is 0 Å². The number of aromatic nitrogens is 2. The second kappa shape index (κ2) is 7.56. The fraction of sp³-hybridized carbons (Fsp3) is 0.368. The van der Waals surface area contributed by atoms with Crippen LogP contribution in [0.1, 0.15) is 30.6 Å². The first-order valence-electron chi connectivity index (χ1n) is 9.25. The van der Waals surface area contributed by atoms with Gasteiger partial charge in [0.25, 0.3) is 0 Å². The van der Waals surface area contributed by atoms with Gasteiger partial charge in [-0.05, 0) is 42.5 Å². The van der Waals surface area contributed by atoms with Crippen molar-refractivity contribution in [2.45, 2.75) is 31.1 Å². The highest BCUT2D eigenvalue weighted by molar-refractivity contribution is 7.92.